The van der Waals surface area contributed by atoms with Crippen LogP contribution in [-0.2, 0) is 9.59 Å². The van der Waals surface area contributed by atoms with E-state index in [-0.39, 0.29) is 16.9 Å². The molecule has 116 valence electrons. The minimum Gasteiger partial charge on any atom is -0.333 e. The lowest BCUT2D eigenvalue weighted by molar-refractivity contribution is -0.903. The quantitative estimate of drug-likeness (QED) is 0.389. The second-order valence-corrected chi connectivity index (χ2v) is 5.86. The maximum Gasteiger partial charge on any atom is 0.246 e. The largest absolute Gasteiger partial charge is 0.333 e. The summed E-state index contributed by atoms with van der Waals surface area (Å²) < 4.78 is 0. The molecule has 2 N–H and O–H groups in total. The molecule has 2 saturated heterocycles. The Morgan fingerprint density at radius 3 is 2.76 bits per heavy atom. The Morgan fingerprint density at radius 1 is 1.38 bits per heavy atom. The molecular formula is C14H23N4O2S+. The Hall–Kier alpha value is -1.34. The van der Waals surface area contributed by atoms with Crippen LogP contribution in [0.3, 0.4) is 0 Å². The van der Waals surface area contributed by atoms with E-state index in [1.807, 2.05) is 6.92 Å². The monoisotopic (exact) mass is 311 g/mol. The number of rotatable bonds is 5. The van der Waals surface area contributed by atoms with Crippen molar-refractivity contribution in [1.82, 2.24) is 10.2 Å². The summed E-state index contributed by atoms with van der Waals surface area (Å²) in [5.74, 6) is -1.49. The van der Waals surface area contributed by atoms with Crippen LogP contribution in [0, 0.1) is 5.92 Å². The maximum atomic E-state index is 12.2. The van der Waals surface area contributed by atoms with Gasteiger partial charge in [-0.1, -0.05) is 0 Å². The molecule has 0 aromatic rings. The van der Waals surface area contributed by atoms with Gasteiger partial charge in [-0.15, -0.1) is 0 Å². The molecule has 0 aromatic heterocycles. The van der Waals surface area contributed by atoms with Crippen LogP contribution >= 0.6 is 12.2 Å². The predicted octanol–water partition coefficient (Wildman–Crippen LogP) is -0.995. The van der Waals surface area contributed by atoms with Gasteiger partial charge in [0.15, 0.2) is 11.0 Å². The fourth-order valence-corrected chi connectivity index (χ4v) is 3.09. The van der Waals surface area contributed by atoms with Gasteiger partial charge in [0.05, 0.1) is 26.2 Å². The summed E-state index contributed by atoms with van der Waals surface area (Å²) in [7, 11) is 0. The number of piperidine rings is 1. The first-order chi connectivity index (χ1) is 10.1. The molecule has 0 aliphatic carbocycles. The van der Waals surface area contributed by atoms with E-state index in [2.05, 4.69) is 10.3 Å². The maximum absolute atomic E-state index is 12.2. The van der Waals surface area contributed by atoms with E-state index in [4.69, 9.17) is 12.2 Å². The number of carbonyl (C=O) groups is 2. The first kappa shape index (κ1) is 16.0. The highest BCUT2D eigenvalue weighted by atomic mass is 32.1. The molecule has 6 nitrogen and oxygen atoms in total. The Bertz CT molecular complexity index is 446. The Labute approximate surface area is 130 Å². The minimum absolute atomic E-state index is 0.190. The van der Waals surface area contributed by atoms with E-state index in [1.54, 1.807) is 4.90 Å². The molecule has 1 atom stereocenters. The summed E-state index contributed by atoms with van der Waals surface area (Å²) in [4.78, 5) is 31.2. The fraction of sp³-hybridized carbons (Fsp3) is 0.714. The summed E-state index contributed by atoms with van der Waals surface area (Å²) in [6.45, 7) is 6.32. The van der Waals surface area contributed by atoms with Gasteiger partial charge in [-0.2, -0.15) is 0 Å². The molecule has 2 aliphatic heterocycles. The predicted molar refractivity (Wildman–Crippen MR) is 84.4 cm³/mol. The van der Waals surface area contributed by atoms with Gasteiger partial charge < -0.3 is 10.2 Å². The van der Waals surface area contributed by atoms with Crippen molar-refractivity contribution in [3.05, 3.63) is 0 Å². The number of amides is 2. The highest BCUT2D eigenvalue weighted by Gasteiger charge is 2.36. The van der Waals surface area contributed by atoms with Gasteiger partial charge in [0.1, 0.15) is 0 Å². The number of quaternary nitrogens is 1. The van der Waals surface area contributed by atoms with Crippen molar-refractivity contribution in [1.29, 1.82) is 0 Å². The van der Waals surface area contributed by atoms with Gasteiger partial charge in [-0.05, 0) is 38.4 Å². The van der Waals surface area contributed by atoms with E-state index < -0.39 is 5.92 Å². The number of thiocarbonyl (C=S) groups is 1. The van der Waals surface area contributed by atoms with Crippen molar-refractivity contribution >= 4 is 35.4 Å². The fourth-order valence-electron chi connectivity index (χ4n) is 2.77. The van der Waals surface area contributed by atoms with E-state index in [0.29, 0.717) is 13.1 Å². The van der Waals surface area contributed by atoms with Crippen LogP contribution in [0.5, 0.6) is 0 Å². The number of nitrogens with one attached hydrogen (secondary N) is 2. The topological polar surface area (TPSA) is 66.2 Å². The number of hydrogen-bond donors (Lipinski definition) is 2. The number of likely N-dealkylation sites (tertiary alicyclic amines) is 1. The second kappa shape index (κ2) is 7.61. The van der Waals surface area contributed by atoms with Crippen molar-refractivity contribution in [3.63, 3.8) is 0 Å². The average Bonchev–Trinajstić information content (AvgIpc) is 2.47. The Balaban J connectivity index is 1.85. The third kappa shape index (κ3) is 4.07. The van der Waals surface area contributed by atoms with Crippen molar-refractivity contribution < 1.29 is 14.5 Å². The number of nitrogens with zero attached hydrogens (tertiary/aromatic N) is 2. The van der Waals surface area contributed by atoms with E-state index in [1.165, 1.54) is 43.5 Å². The van der Waals surface area contributed by atoms with Gasteiger partial charge in [-0.3, -0.25) is 19.5 Å². The van der Waals surface area contributed by atoms with Crippen molar-refractivity contribution in [3.8, 4) is 0 Å². The summed E-state index contributed by atoms with van der Waals surface area (Å²) in [5.41, 5.74) is 0. The lowest BCUT2D eigenvalue weighted by atomic mass is 10.1. The number of aliphatic imine (C=N–C) groups is 1. The van der Waals surface area contributed by atoms with E-state index in [9.17, 15) is 9.59 Å². The zero-order valence-electron chi connectivity index (χ0n) is 12.4. The van der Waals surface area contributed by atoms with Crippen LogP contribution in [-0.4, -0.2) is 60.8 Å². The molecule has 2 aliphatic rings. The van der Waals surface area contributed by atoms with Crippen molar-refractivity contribution in [2.45, 2.75) is 26.2 Å². The van der Waals surface area contributed by atoms with Gasteiger partial charge in [-0.25, -0.2) is 0 Å². The van der Waals surface area contributed by atoms with E-state index >= 15 is 0 Å². The van der Waals surface area contributed by atoms with Crippen LogP contribution in [0.25, 0.3) is 0 Å². The lowest BCUT2D eigenvalue weighted by Gasteiger charge is -2.29. The second-order valence-electron chi connectivity index (χ2n) is 5.47. The lowest BCUT2D eigenvalue weighted by Crippen LogP contribution is -3.13. The summed E-state index contributed by atoms with van der Waals surface area (Å²) >= 11 is 4.98. The van der Waals surface area contributed by atoms with Crippen molar-refractivity contribution in [2.75, 3.05) is 32.7 Å². The molecule has 0 bridgehead atoms. The molecular weight excluding hydrogens is 288 g/mol. The molecule has 0 saturated carbocycles. The van der Waals surface area contributed by atoms with Crippen LogP contribution in [0.4, 0.5) is 0 Å². The van der Waals surface area contributed by atoms with E-state index in [0.717, 1.165) is 6.54 Å². The third-order valence-electron chi connectivity index (χ3n) is 4.02. The SMILES string of the molecule is CCN1C(=O)[C@@H](C=NCC[NH+]2CCCCC2)C(=O)NC1=S. The molecule has 2 heterocycles. The molecule has 2 amide bonds. The highest BCUT2D eigenvalue weighted by Crippen LogP contribution is 2.08. The van der Waals surface area contributed by atoms with Crippen LogP contribution in [0.15, 0.2) is 4.99 Å². The highest BCUT2D eigenvalue weighted by molar-refractivity contribution is 7.80. The smallest absolute Gasteiger partial charge is 0.246 e. The van der Waals surface area contributed by atoms with Gasteiger partial charge in [0.25, 0.3) is 0 Å². The van der Waals surface area contributed by atoms with Crippen LogP contribution in [0.1, 0.15) is 26.2 Å². The summed E-state index contributed by atoms with van der Waals surface area (Å²) in [6.07, 6.45) is 5.37. The third-order valence-corrected chi connectivity index (χ3v) is 4.34. The van der Waals surface area contributed by atoms with Gasteiger partial charge >= 0.3 is 0 Å². The molecule has 7 heteroatoms. The molecule has 0 radical (unpaired) electrons. The van der Waals surface area contributed by atoms with Crippen LogP contribution in [0.2, 0.25) is 0 Å². The molecule has 0 spiro atoms. The average molecular weight is 311 g/mol. The first-order valence-electron chi connectivity index (χ1n) is 7.63. The van der Waals surface area contributed by atoms with Crippen molar-refractivity contribution in [2.24, 2.45) is 10.9 Å². The molecule has 2 fully saturated rings. The summed E-state index contributed by atoms with van der Waals surface area (Å²) in [6, 6.07) is 0. The molecule has 0 unspecified atom stereocenters. The van der Waals surface area contributed by atoms with Gasteiger partial charge in [0.2, 0.25) is 11.8 Å². The molecule has 2 rings (SSSR count). The standard InChI is InChI=1S/C14H22N4O2S/c1-2-18-13(20)11(12(19)16-14(18)21)10-15-6-9-17-7-4-3-5-8-17/h10-11H,2-9H2,1H3,(H,16,19,21)/p+1/t11-/m0/s1. The van der Waals surface area contributed by atoms with Crippen LogP contribution < -0.4 is 10.2 Å². The number of hydrogen-bond acceptors (Lipinski definition) is 4. The normalized spacial score (nSPS) is 24.7. The minimum atomic E-state index is -0.840. The molecule has 21 heavy (non-hydrogen) atoms. The zero-order chi connectivity index (χ0) is 15.2. The Morgan fingerprint density at radius 2 is 2.10 bits per heavy atom. The molecule has 0 aromatic carbocycles. The number of carbonyl (C=O) groups excluding carboxylic acids is 2. The zero-order valence-corrected chi connectivity index (χ0v) is 13.2. The van der Waals surface area contributed by atoms with Gasteiger partial charge in [0, 0.05) is 12.8 Å². The first-order valence-corrected chi connectivity index (χ1v) is 8.04. The Kier molecular flexibility index (Phi) is 5.81. The summed E-state index contributed by atoms with van der Waals surface area (Å²) in [5, 5.41) is 2.74.